The van der Waals surface area contributed by atoms with Crippen molar-refractivity contribution in [3.8, 4) is 0 Å². The van der Waals surface area contributed by atoms with E-state index in [0.717, 1.165) is 0 Å². The number of rotatable bonds is 6. The van der Waals surface area contributed by atoms with Gasteiger partial charge in [-0.1, -0.05) is 104 Å². The van der Waals surface area contributed by atoms with Gasteiger partial charge >= 0.3 is 0 Å². The van der Waals surface area contributed by atoms with E-state index in [9.17, 15) is 0 Å². The molecule has 2 nitrogen and oxygen atoms in total. The smallest absolute Gasteiger partial charge is 0.0195 e. The molecule has 5 rings (SSSR count). The standard InChI is InChI=1S/C27H37N2.C10H7.Au/c1-18(2)22-11-9-12-23(19(3)4)26(22)28-15-16-29(17-28)27-24(20(5)6)13-10-14-25(27)21(7)8;1-2-6-10-8-4-3-7-9(10)5-1;/h9-21H,1-8H3;1-7H;/q2*-1;. The van der Waals surface area contributed by atoms with Crippen molar-refractivity contribution in [2.45, 2.75) is 79.1 Å². The normalized spacial score (nSPS) is 12.9. The van der Waals surface area contributed by atoms with Gasteiger partial charge in [0, 0.05) is 33.8 Å². The Morgan fingerprint density at radius 3 is 1.32 bits per heavy atom. The van der Waals surface area contributed by atoms with Crippen molar-refractivity contribution in [1.82, 2.24) is 0 Å². The van der Waals surface area contributed by atoms with Crippen LogP contribution in [0.5, 0.6) is 0 Å². The van der Waals surface area contributed by atoms with Crippen molar-refractivity contribution < 1.29 is 22.4 Å². The predicted octanol–water partition coefficient (Wildman–Crippen LogP) is 10.7. The predicted molar refractivity (Wildman–Crippen MR) is 170 cm³/mol. The third-order valence-corrected chi connectivity index (χ3v) is 7.41. The molecule has 0 amide bonds. The van der Waals surface area contributed by atoms with Gasteiger partial charge in [-0.3, -0.25) is 0 Å². The van der Waals surface area contributed by atoms with Gasteiger partial charge in [0.25, 0.3) is 0 Å². The zero-order chi connectivity index (χ0) is 28.1. The van der Waals surface area contributed by atoms with E-state index in [1.807, 2.05) is 24.3 Å². The number of anilines is 2. The molecule has 4 aromatic carbocycles. The fourth-order valence-electron chi connectivity index (χ4n) is 5.30. The quantitative estimate of drug-likeness (QED) is 0.145. The molecule has 1 aliphatic heterocycles. The van der Waals surface area contributed by atoms with E-state index in [-0.39, 0.29) is 22.4 Å². The van der Waals surface area contributed by atoms with Gasteiger partial charge in [-0.25, -0.2) is 0 Å². The number of benzene rings is 4. The van der Waals surface area contributed by atoms with Crippen LogP contribution in [0.25, 0.3) is 10.8 Å². The van der Waals surface area contributed by atoms with Crippen LogP contribution >= 0.6 is 0 Å². The molecular weight excluding hydrogens is 669 g/mol. The summed E-state index contributed by atoms with van der Waals surface area (Å²) in [6, 6.07) is 30.9. The molecule has 0 spiro atoms. The number of fused-ring (bicyclic) bond motifs is 1. The largest absolute Gasteiger partial charge is 0.479 e. The molecule has 0 N–H and O–H groups in total. The van der Waals surface area contributed by atoms with Crippen molar-refractivity contribution >= 4 is 22.1 Å². The topological polar surface area (TPSA) is 6.48 Å². The van der Waals surface area contributed by atoms with Gasteiger partial charge in [-0.15, -0.1) is 53.8 Å². The second kappa shape index (κ2) is 14.2. The Bertz CT molecular complexity index is 1230. The maximum absolute atomic E-state index is 3.15. The van der Waals surface area contributed by atoms with Gasteiger partial charge in [-0.2, -0.15) is 0 Å². The van der Waals surface area contributed by atoms with Crippen LogP contribution in [0.4, 0.5) is 11.4 Å². The second-order valence-electron chi connectivity index (χ2n) is 11.7. The van der Waals surface area contributed by atoms with Crippen LogP contribution < -0.4 is 9.80 Å². The summed E-state index contributed by atoms with van der Waals surface area (Å²) in [6.07, 6.45) is 4.43. The first kappa shape index (κ1) is 31.7. The van der Waals surface area contributed by atoms with Gasteiger partial charge in [0.1, 0.15) is 0 Å². The SMILES string of the molecule is CC(C)c1cccc(C(C)C)c1N1C=CN(c2c(C(C)C)cccc2C(C)C)[CH-]1.[Au].[c-]1cccc2ccccc12. The first-order valence-corrected chi connectivity index (χ1v) is 14.4. The van der Waals surface area contributed by atoms with Crippen molar-refractivity contribution in [1.29, 1.82) is 0 Å². The van der Waals surface area contributed by atoms with Gasteiger partial charge in [0.15, 0.2) is 0 Å². The third kappa shape index (κ3) is 7.10. The van der Waals surface area contributed by atoms with Gasteiger partial charge < -0.3 is 9.80 Å². The molecule has 0 aliphatic carbocycles. The molecule has 0 saturated carbocycles. The van der Waals surface area contributed by atoms with Crippen LogP contribution in [0.3, 0.4) is 0 Å². The Morgan fingerprint density at radius 1 is 0.525 bits per heavy atom. The fourth-order valence-corrected chi connectivity index (χ4v) is 5.30. The van der Waals surface area contributed by atoms with Gasteiger partial charge in [0.05, 0.1) is 0 Å². The Hall–Kier alpha value is -2.78. The second-order valence-corrected chi connectivity index (χ2v) is 11.7. The molecule has 215 valence electrons. The van der Waals surface area contributed by atoms with Crippen molar-refractivity contribution in [2.24, 2.45) is 0 Å². The maximum Gasteiger partial charge on any atom is 0.0195 e. The molecule has 1 radical (unpaired) electrons. The van der Waals surface area contributed by atoms with Crippen LogP contribution in [-0.2, 0) is 22.4 Å². The first-order chi connectivity index (χ1) is 18.7. The van der Waals surface area contributed by atoms with Crippen molar-refractivity contribution in [3.05, 3.63) is 126 Å². The van der Waals surface area contributed by atoms with E-state index in [2.05, 4.69) is 145 Å². The van der Waals surface area contributed by atoms with E-state index >= 15 is 0 Å². The minimum atomic E-state index is 0. The molecule has 1 aliphatic rings. The summed E-state index contributed by atoms with van der Waals surface area (Å²) in [5.74, 6) is 1.92. The summed E-state index contributed by atoms with van der Waals surface area (Å²) < 4.78 is 0. The van der Waals surface area contributed by atoms with E-state index < -0.39 is 0 Å². The third-order valence-electron chi connectivity index (χ3n) is 7.41. The minimum Gasteiger partial charge on any atom is -0.479 e. The summed E-state index contributed by atoms with van der Waals surface area (Å²) in [6.45, 7) is 20.5. The average molecular weight is 714 g/mol. The zero-order valence-electron chi connectivity index (χ0n) is 25.2. The van der Waals surface area contributed by atoms with Crippen LogP contribution in [0.1, 0.15) is 101 Å². The molecular formula is C37H44AuN2-2. The molecule has 4 aromatic rings. The number of hydrogen-bond donors (Lipinski definition) is 0. The summed E-state index contributed by atoms with van der Waals surface area (Å²) in [4.78, 5) is 4.65. The average Bonchev–Trinajstić information content (AvgIpc) is 3.42. The molecule has 0 bridgehead atoms. The summed E-state index contributed by atoms with van der Waals surface area (Å²) >= 11 is 0. The van der Waals surface area contributed by atoms with Crippen LogP contribution in [-0.4, -0.2) is 0 Å². The van der Waals surface area contributed by atoms with Crippen molar-refractivity contribution in [3.63, 3.8) is 0 Å². The Morgan fingerprint density at radius 2 is 0.925 bits per heavy atom. The van der Waals surface area contributed by atoms with E-state index in [1.165, 1.54) is 44.4 Å². The molecule has 3 heteroatoms. The first-order valence-electron chi connectivity index (χ1n) is 14.4. The van der Waals surface area contributed by atoms with Crippen molar-refractivity contribution in [2.75, 3.05) is 9.80 Å². The molecule has 0 saturated heterocycles. The van der Waals surface area contributed by atoms with E-state index in [1.54, 1.807) is 0 Å². The number of nitrogens with zero attached hydrogens (tertiary/aromatic N) is 2. The zero-order valence-corrected chi connectivity index (χ0v) is 27.4. The van der Waals surface area contributed by atoms with Gasteiger partial charge in [0.2, 0.25) is 0 Å². The molecule has 0 unspecified atom stereocenters. The Balaban J connectivity index is 0.000000334. The Labute approximate surface area is 258 Å². The molecule has 0 fully saturated rings. The maximum atomic E-state index is 3.15. The van der Waals surface area contributed by atoms with Crippen LogP contribution in [0.15, 0.2) is 91.3 Å². The monoisotopic (exact) mass is 713 g/mol. The molecule has 40 heavy (non-hydrogen) atoms. The summed E-state index contributed by atoms with van der Waals surface area (Å²) in [7, 11) is 0. The van der Waals surface area contributed by atoms with E-state index in [0.29, 0.717) is 23.7 Å². The Kier molecular flexibility index (Phi) is 11.3. The van der Waals surface area contributed by atoms with Crippen LogP contribution in [0, 0.1) is 12.7 Å². The number of para-hydroxylation sites is 2. The summed E-state index contributed by atoms with van der Waals surface area (Å²) in [5, 5.41) is 2.44. The molecule has 1 heterocycles. The summed E-state index contributed by atoms with van der Waals surface area (Å²) in [5.41, 5.74) is 8.29. The van der Waals surface area contributed by atoms with Crippen LogP contribution in [0.2, 0.25) is 0 Å². The molecule has 0 atom stereocenters. The van der Waals surface area contributed by atoms with E-state index in [4.69, 9.17) is 0 Å². The van der Waals surface area contributed by atoms with Gasteiger partial charge in [-0.05, 0) is 58.3 Å². The minimum absolute atomic E-state index is 0. The fraction of sp³-hybridized carbons (Fsp3) is 0.324. The molecule has 0 aromatic heterocycles. The number of hydrogen-bond acceptors (Lipinski definition) is 2.